The number of fused-ring (bicyclic) bond motifs is 2. The number of methoxy groups -OCH3 is 1. The van der Waals surface area contributed by atoms with Gasteiger partial charge >= 0.3 is 0 Å². The van der Waals surface area contributed by atoms with E-state index in [0.717, 1.165) is 35.9 Å². The van der Waals surface area contributed by atoms with E-state index >= 15 is 0 Å². The van der Waals surface area contributed by atoms with Crippen molar-refractivity contribution in [2.75, 3.05) is 20.3 Å². The van der Waals surface area contributed by atoms with E-state index in [1.807, 2.05) is 12.3 Å². The van der Waals surface area contributed by atoms with Gasteiger partial charge in [0.2, 0.25) is 0 Å². The molecule has 1 saturated carbocycles. The molecule has 32 heavy (non-hydrogen) atoms. The van der Waals surface area contributed by atoms with Crippen molar-refractivity contribution in [3.8, 4) is 17.0 Å². The smallest absolute Gasteiger partial charge is 0.197 e. The summed E-state index contributed by atoms with van der Waals surface area (Å²) in [5.74, 6) is 1.72. The van der Waals surface area contributed by atoms with Crippen LogP contribution in [0.25, 0.3) is 27.8 Å². The first kappa shape index (κ1) is 19.8. The molecule has 0 bridgehead atoms. The minimum absolute atomic E-state index is 0.376. The first-order valence-corrected chi connectivity index (χ1v) is 11.5. The zero-order valence-electron chi connectivity index (χ0n) is 18.8. The van der Waals surface area contributed by atoms with Gasteiger partial charge in [0, 0.05) is 28.7 Å². The van der Waals surface area contributed by atoms with Crippen molar-refractivity contribution in [1.29, 1.82) is 0 Å². The number of hydrogen-bond acceptors (Lipinski definition) is 5. The van der Waals surface area contributed by atoms with Crippen LogP contribution >= 0.6 is 0 Å². The van der Waals surface area contributed by atoms with Crippen LogP contribution in [0.2, 0.25) is 0 Å². The largest absolute Gasteiger partial charge is 0.493 e. The Labute approximate surface area is 187 Å². The number of aromatic amines is 1. The molecule has 4 heterocycles. The molecule has 1 aromatic carbocycles. The summed E-state index contributed by atoms with van der Waals surface area (Å²) in [6.07, 6.45) is 5.99. The van der Waals surface area contributed by atoms with E-state index in [9.17, 15) is 0 Å². The monoisotopic (exact) mass is 431 g/mol. The van der Waals surface area contributed by atoms with Crippen molar-refractivity contribution in [3.05, 3.63) is 47.9 Å². The molecule has 0 unspecified atom stereocenters. The van der Waals surface area contributed by atoms with Crippen molar-refractivity contribution < 1.29 is 9.47 Å². The van der Waals surface area contributed by atoms with E-state index in [4.69, 9.17) is 9.47 Å². The predicted octanol–water partition coefficient (Wildman–Crippen LogP) is 4.24. The third-order valence-corrected chi connectivity index (χ3v) is 7.01. The zero-order chi connectivity index (χ0) is 21.8. The molecule has 6 rings (SSSR count). The number of H-pyrrole nitrogens is 1. The number of nitrogens with zero attached hydrogens (tertiary/aromatic N) is 3. The fourth-order valence-corrected chi connectivity index (χ4v) is 5.19. The number of benzene rings is 1. The van der Waals surface area contributed by atoms with Crippen LogP contribution in [0.4, 0.5) is 0 Å². The highest BCUT2D eigenvalue weighted by molar-refractivity contribution is 5.92. The van der Waals surface area contributed by atoms with E-state index in [2.05, 4.69) is 52.4 Å². The van der Waals surface area contributed by atoms with E-state index < -0.39 is 0 Å². The Kier molecular flexibility index (Phi) is 4.69. The number of hydrogen-bond donors (Lipinski definition) is 2. The predicted molar refractivity (Wildman–Crippen MR) is 124 cm³/mol. The maximum Gasteiger partial charge on any atom is 0.197 e. The number of pyridine rings is 1. The molecule has 7 heteroatoms. The van der Waals surface area contributed by atoms with Gasteiger partial charge in [-0.3, -0.25) is 0 Å². The normalized spacial score (nSPS) is 21.2. The van der Waals surface area contributed by atoms with Gasteiger partial charge in [0.1, 0.15) is 6.33 Å². The first-order valence-electron chi connectivity index (χ1n) is 11.5. The van der Waals surface area contributed by atoms with Crippen molar-refractivity contribution in [3.63, 3.8) is 0 Å². The van der Waals surface area contributed by atoms with Crippen LogP contribution in [0.3, 0.4) is 0 Å². The molecular formula is C25H29N5O2. The summed E-state index contributed by atoms with van der Waals surface area (Å²) in [5, 5.41) is 9.36. The lowest BCUT2D eigenvalue weighted by Crippen LogP contribution is -2.53. The fraction of sp³-hybridized carbons (Fsp3) is 0.440. The van der Waals surface area contributed by atoms with Crippen LogP contribution in [-0.4, -0.2) is 52.0 Å². The highest BCUT2D eigenvalue weighted by atomic mass is 16.5. The topological polar surface area (TPSA) is 76.5 Å². The Balaban J connectivity index is 1.36. The minimum Gasteiger partial charge on any atom is -0.493 e. The van der Waals surface area contributed by atoms with Crippen LogP contribution < -0.4 is 10.1 Å². The van der Waals surface area contributed by atoms with E-state index in [1.165, 1.54) is 34.9 Å². The lowest BCUT2D eigenvalue weighted by atomic mass is 9.75. The van der Waals surface area contributed by atoms with Gasteiger partial charge in [-0.05, 0) is 54.0 Å². The second-order valence-corrected chi connectivity index (χ2v) is 9.47. The zero-order valence-corrected chi connectivity index (χ0v) is 18.8. The fourth-order valence-electron chi connectivity index (χ4n) is 5.19. The maximum absolute atomic E-state index is 5.59. The molecule has 0 atom stereocenters. The van der Waals surface area contributed by atoms with E-state index in [-0.39, 0.29) is 0 Å². The van der Waals surface area contributed by atoms with Gasteiger partial charge in [-0.1, -0.05) is 19.9 Å². The molecular weight excluding hydrogens is 402 g/mol. The Morgan fingerprint density at radius 2 is 2.03 bits per heavy atom. The molecule has 0 amide bonds. The summed E-state index contributed by atoms with van der Waals surface area (Å²) in [4.78, 5) is 7.99. The molecule has 2 N–H and O–H groups in total. The molecule has 0 radical (unpaired) electrons. The van der Waals surface area contributed by atoms with Gasteiger partial charge in [0.25, 0.3) is 0 Å². The molecule has 1 aliphatic carbocycles. The molecule has 2 fully saturated rings. The van der Waals surface area contributed by atoms with Crippen LogP contribution in [-0.2, 0) is 4.74 Å². The van der Waals surface area contributed by atoms with Gasteiger partial charge in [-0.15, -0.1) is 0 Å². The average Bonchev–Trinajstić information content (AvgIpc) is 3.34. The average molecular weight is 432 g/mol. The molecule has 166 valence electrons. The van der Waals surface area contributed by atoms with Gasteiger partial charge in [-0.2, -0.15) is 5.10 Å². The maximum atomic E-state index is 5.59. The van der Waals surface area contributed by atoms with E-state index in [1.54, 1.807) is 18.0 Å². The second-order valence-electron chi connectivity index (χ2n) is 9.47. The van der Waals surface area contributed by atoms with Crippen molar-refractivity contribution in [2.24, 2.45) is 0 Å². The highest BCUT2D eigenvalue weighted by Crippen LogP contribution is 2.42. The van der Waals surface area contributed by atoms with Gasteiger partial charge in [0.05, 0.1) is 32.1 Å². The van der Waals surface area contributed by atoms with Gasteiger partial charge < -0.3 is 19.8 Å². The number of ether oxygens (including phenoxy) is 2. The Morgan fingerprint density at radius 1 is 1.19 bits per heavy atom. The Bertz CT molecular complexity index is 1280. The molecule has 1 saturated heterocycles. The van der Waals surface area contributed by atoms with Crippen molar-refractivity contribution in [2.45, 2.75) is 50.6 Å². The summed E-state index contributed by atoms with van der Waals surface area (Å²) >= 11 is 0. The SMILES string of the molecule is COc1cc(-c2[nH]c3ccc(C4CC(NC5COC5)C4)cc3c2C(C)C)cn2ncnc12. The molecule has 1 aliphatic heterocycles. The molecule has 3 aromatic heterocycles. The number of rotatable bonds is 6. The number of aromatic nitrogens is 4. The first-order chi connectivity index (χ1) is 15.6. The summed E-state index contributed by atoms with van der Waals surface area (Å²) < 4.78 is 12.7. The molecule has 2 aliphatic rings. The van der Waals surface area contributed by atoms with Gasteiger partial charge in [0.15, 0.2) is 11.4 Å². The summed E-state index contributed by atoms with van der Waals surface area (Å²) in [6, 6.07) is 10.2. The van der Waals surface area contributed by atoms with Crippen LogP contribution in [0, 0.1) is 0 Å². The standard InChI is InChI=1S/C25H29N5O2/c1-14(2)23-20-8-15(16-6-18(7-16)28-19-11-32-12-19)4-5-21(20)29-24(23)17-9-22(31-3)25-26-13-27-30(25)10-17/h4-5,8-10,13-14,16,18-19,28-29H,6-7,11-12H2,1-3H3. The van der Waals surface area contributed by atoms with Crippen LogP contribution in [0.15, 0.2) is 36.8 Å². The minimum atomic E-state index is 0.376. The van der Waals surface area contributed by atoms with Crippen LogP contribution in [0.5, 0.6) is 5.75 Å². The lowest BCUT2D eigenvalue weighted by molar-refractivity contribution is -0.0156. The Hall–Kier alpha value is -2.90. The van der Waals surface area contributed by atoms with E-state index in [0.29, 0.717) is 23.9 Å². The second kappa shape index (κ2) is 7.60. The third-order valence-electron chi connectivity index (χ3n) is 7.01. The quantitative estimate of drug-likeness (QED) is 0.477. The third kappa shape index (κ3) is 3.19. The Morgan fingerprint density at radius 3 is 2.75 bits per heavy atom. The highest BCUT2D eigenvalue weighted by Gasteiger charge is 2.33. The van der Waals surface area contributed by atoms with Crippen LogP contribution in [0.1, 0.15) is 49.7 Å². The summed E-state index contributed by atoms with van der Waals surface area (Å²) in [5.41, 5.74) is 6.85. The van der Waals surface area contributed by atoms with Gasteiger partial charge in [-0.25, -0.2) is 9.50 Å². The molecule has 7 nitrogen and oxygen atoms in total. The molecule has 0 spiro atoms. The summed E-state index contributed by atoms with van der Waals surface area (Å²) in [7, 11) is 1.67. The number of nitrogens with one attached hydrogen (secondary N) is 2. The molecule has 4 aromatic rings. The summed E-state index contributed by atoms with van der Waals surface area (Å²) in [6.45, 7) is 6.24. The van der Waals surface area contributed by atoms with Crippen molar-refractivity contribution >= 4 is 16.6 Å². The van der Waals surface area contributed by atoms with Crippen molar-refractivity contribution in [1.82, 2.24) is 24.9 Å². The lowest BCUT2D eigenvalue weighted by Gasteiger charge is -2.41.